The number of benzene rings is 1. The van der Waals surface area contributed by atoms with E-state index in [0.29, 0.717) is 19.1 Å². The summed E-state index contributed by atoms with van der Waals surface area (Å²) in [6.07, 6.45) is 4.82. The largest absolute Gasteiger partial charge is 0.493 e. The fourth-order valence-electron chi connectivity index (χ4n) is 3.08. The Hall–Kier alpha value is -1.81. The first-order valence-corrected chi connectivity index (χ1v) is 10.0. The van der Waals surface area contributed by atoms with Crippen molar-refractivity contribution in [2.45, 2.75) is 33.4 Å². The highest BCUT2D eigenvalue weighted by molar-refractivity contribution is 14.0. The Morgan fingerprint density at radius 1 is 1.38 bits per heavy atom. The highest BCUT2D eigenvalue weighted by Gasteiger charge is 2.17. The molecule has 1 aliphatic heterocycles. The van der Waals surface area contributed by atoms with Crippen molar-refractivity contribution in [3.05, 3.63) is 47.8 Å². The zero-order valence-electron chi connectivity index (χ0n) is 17.3. The van der Waals surface area contributed by atoms with Gasteiger partial charge in [-0.1, -0.05) is 12.1 Å². The average molecular weight is 513 g/mol. The van der Waals surface area contributed by atoms with Crippen LogP contribution >= 0.6 is 24.0 Å². The molecule has 8 heteroatoms. The maximum absolute atomic E-state index is 6.12. The van der Waals surface area contributed by atoms with Crippen LogP contribution in [0.3, 0.4) is 0 Å². The molecule has 1 fully saturated rings. The Morgan fingerprint density at radius 3 is 3.00 bits per heavy atom. The van der Waals surface area contributed by atoms with E-state index < -0.39 is 0 Å². The van der Waals surface area contributed by atoms with Crippen molar-refractivity contribution in [1.82, 2.24) is 20.4 Å². The molecular weight excluding hydrogens is 481 g/mol. The quantitative estimate of drug-likeness (QED) is 0.307. The summed E-state index contributed by atoms with van der Waals surface area (Å²) in [4.78, 5) is 4.73. The first kappa shape index (κ1) is 23.5. The van der Waals surface area contributed by atoms with Crippen molar-refractivity contribution < 1.29 is 9.47 Å². The van der Waals surface area contributed by atoms with Crippen LogP contribution in [0.2, 0.25) is 0 Å². The molecule has 7 nitrogen and oxygen atoms in total. The molecule has 1 aromatic carbocycles. The first-order chi connectivity index (χ1) is 13.7. The van der Waals surface area contributed by atoms with E-state index in [0.717, 1.165) is 56.5 Å². The number of halogens is 1. The lowest BCUT2D eigenvalue weighted by Crippen LogP contribution is -2.38. The van der Waals surface area contributed by atoms with Crippen molar-refractivity contribution in [3.63, 3.8) is 0 Å². The minimum atomic E-state index is 0. The summed E-state index contributed by atoms with van der Waals surface area (Å²) in [6.45, 7) is 9.41. The molecule has 0 spiro atoms. The summed E-state index contributed by atoms with van der Waals surface area (Å²) in [7, 11) is 0. The number of rotatable bonds is 9. The number of hydrogen-bond donors (Lipinski definition) is 2. The Kier molecular flexibility index (Phi) is 10.3. The summed E-state index contributed by atoms with van der Waals surface area (Å²) in [5, 5.41) is 10.9. The van der Waals surface area contributed by atoms with Crippen molar-refractivity contribution in [2.75, 3.05) is 32.9 Å². The molecule has 2 N–H and O–H groups in total. The number of aryl methyl sites for hydroxylation is 1. The Morgan fingerprint density at radius 2 is 2.28 bits per heavy atom. The van der Waals surface area contributed by atoms with E-state index in [1.807, 2.05) is 16.9 Å². The van der Waals surface area contributed by atoms with Gasteiger partial charge in [-0.3, -0.25) is 4.68 Å². The second kappa shape index (κ2) is 12.7. The van der Waals surface area contributed by atoms with Crippen LogP contribution in [0.15, 0.2) is 41.7 Å². The molecule has 1 aliphatic rings. The summed E-state index contributed by atoms with van der Waals surface area (Å²) in [6, 6.07) is 8.23. The Labute approximate surface area is 190 Å². The summed E-state index contributed by atoms with van der Waals surface area (Å²) in [5.41, 5.74) is 2.28. The van der Waals surface area contributed by atoms with Gasteiger partial charge in [-0.2, -0.15) is 5.10 Å². The van der Waals surface area contributed by atoms with Crippen LogP contribution in [0, 0.1) is 12.8 Å². The predicted molar refractivity (Wildman–Crippen MR) is 126 cm³/mol. The maximum atomic E-state index is 6.12. The Bertz CT molecular complexity index is 746. The number of nitrogens with one attached hydrogen (secondary N) is 2. The molecule has 1 saturated heterocycles. The lowest BCUT2D eigenvalue weighted by molar-refractivity contribution is 0.166. The van der Waals surface area contributed by atoms with Crippen molar-refractivity contribution in [2.24, 2.45) is 10.9 Å². The minimum absolute atomic E-state index is 0. The molecule has 1 aromatic heterocycles. The fraction of sp³-hybridized carbons (Fsp3) is 0.524. The zero-order valence-corrected chi connectivity index (χ0v) is 19.6. The van der Waals surface area contributed by atoms with Crippen molar-refractivity contribution in [1.29, 1.82) is 0 Å². The molecule has 0 bridgehead atoms. The number of hydrogen-bond acceptors (Lipinski definition) is 4. The standard InChI is InChI=1S/C21H31N5O2.HI/c1-3-22-21(23-9-11-26-10-4-8-25-26)24-14-19-6-5-17(2)13-20(19)28-16-18-7-12-27-15-18;/h4-6,8,10,13,18H,3,7,9,11-12,14-16H2,1-2H3,(H2,22,23,24);1H. The van der Waals surface area contributed by atoms with Crippen LogP contribution in [-0.2, 0) is 17.8 Å². The van der Waals surface area contributed by atoms with Gasteiger partial charge in [-0.25, -0.2) is 4.99 Å². The van der Waals surface area contributed by atoms with Gasteiger partial charge in [-0.05, 0) is 38.0 Å². The normalized spacial score (nSPS) is 16.3. The number of aromatic nitrogens is 2. The van der Waals surface area contributed by atoms with Gasteiger partial charge < -0.3 is 20.1 Å². The lowest BCUT2D eigenvalue weighted by atomic mass is 10.1. The average Bonchev–Trinajstić information content (AvgIpc) is 3.39. The topological polar surface area (TPSA) is 72.7 Å². The second-order valence-corrected chi connectivity index (χ2v) is 7.04. The Balaban J connectivity index is 0.00000300. The van der Waals surface area contributed by atoms with Gasteiger partial charge in [-0.15, -0.1) is 24.0 Å². The monoisotopic (exact) mass is 513 g/mol. The predicted octanol–water partition coefficient (Wildman–Crippen LogP) is 2.98. The third-order valence-corrected chi connectivity index (χ3v) is 4.67. The van der Waals surface area contributed by atoms with Crippen LogP contribution in [0.1, 0.15) is 24.5 Å². The van der Waals surface area contributed by atoms with Gasteiger partial charge in [0.05, 0.1) is 26.3 Å². The van der Waals surface area contributed by atoms with Crippen LogP contribution in [0.5, 0.6) is 5.75 Å². The van der Waals surface area contributed by atoms with Crippen molar-refractivity contribution in [3.8, 4) is 5.75 Å². The maximum Gasteiger partial charge on any atom is 0.191 e. The molecule has 1 unspecified atom stereocenters. The highest BCUT2D eigenvalue weighted by atomic mass is 127. The molecule has 0 saturated carbocycles. The first-order valence-electron chi connectivity index (χ1n) is 10.0. The van der Waals surface area contributed by atoms with E-state index in [1.54, 1.807) is 6.20 Å². The number of ether oxygens (including phenoxy) is 2. The molecule has 0 amide bonds. The molecular formula is C21H32IN5O2. The van der Waals surface area contributed by atoms with Gasteiger partial charge in [0.25, 0.3) is 0 Å². The smallest absolute Gasteiger partial charge is 0.191 e. The lowest BCUT2D eigenvalue weighted by Gasteiger charge is -2.15. The van der Waals surface area contributed by atoms with Gasteiger partial charge in [0.1, 0.15) is 5.75 Å². The molecule has 3 rings (SSSR count). The minimum Gasteiger partial charge on any atom is -0.493 e. The zero-order chi connectivity index (χ0) is 19.6. The highest BCUT2D eigenvalue weighted by Crippen LogP contribution is 2.23. The van der Waals surface area contributed by atoms with Crippen molar-refractivity contribution >= 4 is 29.9 Å². The molecule has 2 aromatic rings. The van der Waals surface area contributed by atoms with E-state index >= 15 is 0 Å². The van der Waals surface area contributed by atoms with Crippen LogP contribution < -0.4 is 15.4 Å². The summed E-state index contributed by atoms with van der Waals surface area (Å²) >= 11 is 0. The van der Waals surface area contributed by atoms with E-state index in [4.69, 9.17) is 14.5 Å². The van der Waals surface area contributed by atoms with E-state index in [-0.39, 0.29) is 24.0 Å². The molecule has 160 valence electrons. The van der Waals surface area contributed by atoms with Crippen LogP contribution in [-0.4, -0.2) is 48.7 Å². The molecule has 2 heterocycles. The SMILES string of the molecule is CCNC(=NCc1ccc(C)cc1OCC1CCOC1)NCCn1cccn1.I. The van der Waals surface area contributed by atoms with Gasteiger partial charge in [0.15, 0.2) is 5.96 Å². The summed E-state index contributed by atoms with van der Waals surface area (Å²) < 4.78 is 13.5. The van der Waals surface area contributed by atoms with Crippen LogP contribution in [0.25, 0.3) is 0 Å². The number of aliphatic imine (C=N–C) groups is 1. The van der Waals surface area contributed by atoms with Gasteiger partial charge in [0, 0.05) is 43.6 Å². The molecule has 0 radical (unpaired) electrons. The third-order valence-electron chi connectivity index (χ3n) is 4.67. The fourth-order valence-corrected chi connectivity index (χ4v) is 3.08. The van der Waals surface area contributed by atoms with Gasteiger partial charge in [0.2, 0.25) is 0 Å². The number of guanidine groups is 1. The van der Waals surface area contributed by atoms with E-state index in [2.05, 4.69) is 47.8 Å². The van der Waals surface area contributed by atoms with E-state index in [9.17, 15) is 0 Å². The van der Waals surface area contributed by atoms with Gasteiger partial charge >= 0.3 is 0 Å². The second-order valence-electron chi connectivity index (χ2n) is 7.04. The number of nitrogens with zero attached hydrogens (tertiary/aromatic N) is 3. The molecule has 29 heavy (non-hydrogen) atoms. The summed E-state index contributed by atoms with van der Waals surface area (Å²) in [5.74, 6) is 2.20. The molecule has 1 atom stereocenters. The van der Waals surface area contributed by atoms with E-state index in [1.165, 1.54) is 5.56 Å². The third kappa shape index (κ3) is 7.85. The molecule has 0 aliphatic carbocycles. The van der Waals surface area contributed by atoms with Crippen LogP contribution in [0.4, 0.5) is 0 Å².